The Bertz CT molecular complexity index is 933. The van der Waals surface area contributed by atoms with Crippen LogP contribution in [0, 0.1) is 5.92 Å². The van der Waals surface area contributed by atoms with Crippen LogP contribution in [-0.2, 0) is 20.1 Å². The summed E-state index contributed by atoms with van der Waals surface area (Å²) in [6.07, 6.45) is 2.90. The van der Waals surface area contributed by atoms with E-state index in [1.807, 2.05) is 60.7 Å². The minimum Gasteiger partial charge on any atom is -0.434 e. The minimum absolute atomic E-state index is 0.0172. The highest BCUT2D eigenvalue weighted by molar-refractivity contribution is 5.89. The van der Waals surface area contributed by atoms with Gasteiger partial charge in [0.15, 0.2) is 5.78 Å². The first kappa shape index (κ1) is 22.3. The molecule has 3 aliphatic rings. The van der Waals surface area contributed by atoms with Crippen molar-refractivity contribution in [1.82, 2.24) is 15.1 Å². The third-order valence-corrected chi connectivity index (χ3v) is 7.42. The lowest BCUT2D eigenvalue weighted by Gasteiger charge is -2.46. The Morgan fingerprint density at radius 3 is 2.18 bits per heavy atom. The lowest BCUT2D eigenvalue weighted by Crippen LogP contribution is -2.65. The zero-order valence-electron chi connectivity index (χ0n) is 19.3. The van der Waals surface area contributed by atoms with Gasteiger partial charge in [-0.2, -0.15) is 0 Å². The molecule has 3 aliphatic heterocycles. The molecule has 5 rings (SSSR count). The highest BCUT2D eigenvalue weighted by Crippen LogP contribution is 2.46. The molecule has 0 bridgehead atoms. The molecule has 0 radical (unpaired) electrons. The van der Waals surface area contributed by atoms with Gasteiger partial charge in [-0.3, -0.25) is 9.59 Å². The monoisotopic (exact) mass is 447 g/mol. The number of hydrogen-bond donors (Lipinski definition) is 1. The first-order chi connectivity index (χ1) is 16.1. The number of carbonyl (C=O) groups is 2. The van der Waals surface area contributed by atoms with Crippen LogP contribution in [0.3, 0.4) is 0 Å². The van der Waals surface area contributed by atoms with Crippen LogP contribution < -0.4 is 5.32 Å². The van der Waals surface area contributed by atoms with Gasteiger partial charge in [-0.25, -0.2) is 4.90 Å². The van der Waals surface area contributed by atoms with Crippen molar-refractivity contribution in [1.29, 1.82) is 0 Å². The number of nitrogens with one attached hydrogen (secondary N) is 1. The number of hydrogen-bond acceptors (Lipinski definition) is 6. The van der Waals surface area contributed by atoms with Crippen molar-refractivity contribution in [2.75, 3.05) is 32.7 Å². The topological polar surface area (TPSA) is 61.9 Å². The van der Waals surface area contributed by atoms with Gasteiger partial charge in [0.1, 0.15) is 6.04 Å². The second kappa shape index (κ2) is 9.37. The molecule has 3 fully saturated rings. The number of ether oxygens (including phenoxy) is 1. The van der Waals surface area contributed by atoms with Crippen molar-refractivity contribution >= 4 is 11.8 Å². The first-order valence-electron chi connectivity index (χ1n) is 12.2. The van der Waals surface area contributed by atoms with E-state index in [0.717, 1.165) is 50.0 Å². The summed E-state index contributed by atoms with van der Waals surface area (Å²) < 4.78 is 6.27. The minimum atomic E-state index is -1.10. The molecule has 2 aromatic rings. The Hall–Kier alpha value is -2.54. The van der Waals surface area contributed by atoms with Crippen LogP contribution in [-0.4, -0.2) is 66.4 Å². The van der Waals surface area contributed by atoms with Crippen LogP contribution >= 0.6 is 0 Å². The van der Waals surface area contributed by atoms with E-state index in [0.29, 0.717) is 13.1 Å². The number of fused-ring (bicyclic) bond motifs is 1. The average molecular weight is 448 g/mol. The van der Waals surface area contributed by atoms with Crippen LogP contribution in [0.15, 0.2) is 60.7 Å². The predicted molar refractivity (Wildman–Crippen MR) is 127 cm³/mol. The zero-order valence-corrected chi connectivity index (χ0v) is 19.3. The standard InChI is InChI=1S/C27H33N3O3/c1-2-15-29-16-13-20(14-17-29)25(31)23-18-28-19-24-26(32)33-27(30(23)24,21-9-5-3-6-10-21)22-11-7-4-8-12-22/h3-12,20,23-24,28H,2,13-19H2,1H3. The highest BCUT2D eigenvalue weighted by Gasteiger charge is 2.60. The number of cyclic esters (lactones) is 1. The Morgan fingerprint density at radius 2 is 1.61 bits per heavy atom. The molecule has 0 aromatic heterocycles. The molecule has 6 nitrogen and oxygen atoms in total. The van der Waals surface area contributed by atoms with Gasteiger partial charge >= 0.3 is 5.97 Å². The SMILES string of the molecule is CCCN1CCC(C(=O)C2CNCC3C(=O)OC(c4ccccc4)(c4ccccc4)N32)CC1. The normalized spacial score (nSPS) is 26.0. The van der Waals surface area contributed by atoms with Gasteiger partial charge < -0.3 is 15.0 Å². The molecule has 0 amide bonds. The Morgan fingerprint density at radius 1 is 1.00 bits per heavy atom. The fourth-order valence-corrected chi connectivity index (χ4v) is 5.85. The Kier molecular flexibility index (Phi) is 6.32. The van der Waals surface area contributed by atoms with Crippen molar-refractivity contribution in [3.8, 4) is 0 Å². The molecule has 2 aromatic carbocycles. The maximum atomic E-state index is 14.0. The number of esters is 1. The summed E-state index contributed by atoms with van der Waals surface area (Å²) in [5.41, 5.74) is 0.657. The van der Waals surface area contributed by atoms with Crippen molar-refractivity contribution < 1.29 is 14.3 Å². The molecule has 0 aliphatic carbocycles. The molecule has 1 N–H and O–H groups in total. The lowest BCUT2D eigenvalue weighted by molar-refractivity contribution is -0.153. The van der Waals surface area contributed by atoms with E-state index >= 15 is 0 Å². The van der Waals surface area contributed by atoms with Gasteiger partial charge in [0.05, 0.1) is 6.04 Å². The molecule has 2 atom stereocenters. The van der Waals surface area contributed by atoms with Gasteiger partial charge in [0.2, 0.25) is 5.72 Å². The Labute approximate surface area is 195 Å². The first-order valence-corrected chi connectivity index (χ1v) is 12.2. The number of rotatable bonds is 6. The molecular formula is C27H33N3O3. The number of benzene rings is 2. The van der Waals surface area contributed by atoms with Gasteiger partial charge in [-0.15, -0.1) is 0 Å². The number of piperidine rings is 1. The number of Topliss-reactive ketones (excluding diaryl/α,β-unsaturated/α-hetero) is 1. The lowest BCUT2D eigenvalue weighted by atomic mass is 9.84. The summed E-state index contributed by atoms with van der Waals surface area (Å²) in [5.74, 6) is -0.0213. The van der Waals surface area contributed by atoms with Crippen molar-refractivity contribution in [3.05, 3.63) is 71.8 Å². The van der Waals surface area contributed by atoms with Crippen LogP contribution in [0.25, 0.3) is 0 Å². The van der Waals surface area contributed by atoms with Crippen LogP contribution in [0.1, 0.15) is 37.3 Å². The van der Waals surface area contributed by atoms with E-state index in [1.165, 1.54) is 0 Å². The van der Waals surface area contributed by atoms with Gasteiger partial charge in [-0.1, -0.05) is 67.6 Å². The van der Waals surface area contributed by atoms with E-state index < -0.39 is 17.8 Å². The molecule has 0 saturated carbocycles. The van der Waals surface area contributed by atoms with Crippen molar-refractivity contribution in [2.45, 2.75) is 44.0 Å². The highest BCUT2D eigenvalue weighted by atomic mass is 16.6. The van der Waals surface area contributed by atoms with E-state index in [2.05, 4.69) is 22.0 Å². The molecular weight excluding hydrogens is 414 g/mol. The van der Waals surface area contributed by atoms with Crippen molar-refractivity contribution in [3.63, 3.8) is 0 Å². The van der Waals surface area contributed by atoms with E-state index in [-0.39, 0.29) is 17.7 Å². The van der Waals surface area contributed by atoms with Crippen LogP contribution in [0.2, 0.25) is 0 Å². The number of ketones is 1. The quantitative estimate of drug-likeness (QED) is 0.688. The van der Waals surface area contributed by atoms with Gasteiger partial charge in [0.25, 0.3) is 0 Å². The third-order valence-electron chi connectivity index (χ3n) is 7.42. The van der Waals surface area contributed by atoms with Crippen LogP contribution in [0.5, 0.6) is 0 Å². The van der Waals surface area contributed by atoms with E-state index in [9.17, 15) is 9.59 Å². The fraction of sp³-hybridized carbons (Fsp3) is 0.481. The summed E-state index contributed by atoms with van der Waals surface area (Å²) in [6.45, 7) is 6.23. The summed E-state index contributed by atoms with van der Waals surface area (Å²) in [5, 5.41) is 3.35. The predicted octanol–water partition coefficient (Wildman–Crippen LogP) is 2.78. The summed E-state index contributed by atoms with van der Waals surface area (Å²) in [4.78, 5) is 31.7. The third kappa shape index (κ3) is 3.90. The average Bonchev–Trinajstić information content (AvgIpc) is 3.19. The fourth-order valence-electron chi connectivity index (χ4n) is 5.85. The molecule has 0 spiro atoms. The van der Waals surface area contributed by atoms with Gasteiger partial charge in [0, 0.05) is 30.1 Å². The van der Waals surface area contributed by atoms with E-state index in [4.69, 9.17) is 4.74 Å². The molecule has 3 heterocycles. The smallest absolute Gasteiger partial charge is 0.327 e. The summed E-state index contributed by atoms with van der Waals surface area (Å²) in [6, 6.07) is 18.8. The van der Waals surface area contributed by atoms with Gasteiger partial charge in [-0.05, 0) is 38.9 Å². The second-order valence-corrected chi connectivity index (χ2v) is 9.41. The number of carbonyl (C=O) groups excluding carboxylic acids is 2. The van der Waals surface area contributed by atoms with E-state index in [1.54, 1.807) is 0 Å². The summed E-state index contributed by atoms with van der Waals surface area (Å²) >= 11 is 0. The molecule has 33 heavy (non-hydrogen) atoms. The molecule has 3 saturated heterocycles. The Balaban J connectivity index is 1.53. The maximum absolute atomic E-state index is 14.0. The number of likely N-dealkylation sites (tertiary alicyclic amines) is 1. The molecule has 6 heteroatoms. The van der Waals surface area contributed by atoms with Crippen molar-refractivity contribution in [2.24, 2.45) is 5.92 Å². The zero-order chi connectivity index (χ0) is 22.8. The molecule has 2 unspecified atom stereocenters. The number of piperazine rings is 1. The number of nitrogens with zero attached hydrogens (tertiary/aromatic N) is 2. The van der Waals surface area contributed by atoms with Crippen LogP contribution in [0.4, 0.5) is 0 Å². The summed E-state index contributed by atoms with van der Waals surface area (Å²) in [7, 11) is 0. The second-order valence-electron chi connectivity index (χ2n) is 9.41. The largest absolute Gasteiger partial charge is 0.434 e. The maximum Gasteiger partial charge on any atom is 0.327 e. The molecule has 174 valence electrons.